The van der Waals surface area contributed by atoms with E-state index in [-0.39, 0.29) is 5.02 Å². The normalized spacial score (nSPS) is 29.3. The summed E-state index contributed by atoms with van der Waals surface area (Å²) >= 11 is 5.69. The van der Waals surface area contributed by atoms with Crippen LogP contribution >= 0.6 is 11.6 Å². The van der Waals surface area contributed by atoms with E-state index in [1.807, 2.05) is 6.08 Å². The molecule has 0 heterocycles. The molecule has 0 aliphatic heterocycles. The molecule has 0 bridgehead atoms. The largest absolute Gasteiger partial charge is 0.205 e. The minimum atomic E-state index is -0.409. The Kier molecular flexibility index (Phi) is 7.21. The number of allylic oxidation sites excluding steroid dienone is 2. The highest BCUT2D eigenvalue weighted by atomic mass is 35.5. The van der Waals surface area contributed by atoms with Gasteiger partial charge in [0.25, 0.3) is 0 Å². The van der Waals surface area contributed by atoms with Gasteiger partial charge in [-0.25, -0.2) is 4.39 Å². The van der Waals surface area contributed by atoms with Crippen LogP contribution in [0.3, 0.4) is 0 Å². The standard InChI is InChI=1S/C24H30ClF/c1-2-18-7-12-21(13-8-18)22-14-9-19(10-15-22)5-3-4-6-20-11-16-23(25)24(26)17-20/h3,5,11,16-19,21-22H,2,7-10,12-15H2,1H3/b5-3+. The summed E-state index contributed by atoms with van der Waals surface area (Å²) in [7, 11) is 0. The number of benzene rings is 1. The zero-order chi connectivity index (χ0) is 18.4. The van der Waals surface area contributed by atoms with E-state index >= 15 is 0 Å². The lowest BCUT2D eigenvalue weighted by molar-refractivity contribution is 0.154. The number of halogens is 2. The van der Waals surface area contributed by atoms with Crippen molar-refractivity contribution in [1.82, 2.24) is 0 Å². The molecule has 26 heavy (non-hydrogen) atoms. The molecular weight excluding hydrogens is 343 g/mol. The molecule has 2 aliphatic rings. The maximum Gasteiger partial charge on any atom is 0.143 e. The Labute approximate surface area is 163 Å². The van der Waals surface area contributed by atoms with Crippen LogP contribution in [0.2, 0.25) is 5.02 Å². The second kappa shape index (κ2) is 9.61. The van der Waals surface area contributed by atoms with Crippen molar-refractivity contribution in [2.75, 3.05) is 0 Å². The topological polar surface area (TPSA) is 0 Å². The highest BCUT2D eigenvalue weighted by molar-refractivity contribution is 6.30. The fourth-order valence-electron chi connectivity index (χ4n) is 4.76. The predicted molar refractivity (Wildman–Crippen MR) is 109 cm³/mol. The van der Waals surface area contributed by atoms with Crippen molar-refractivity contribution >= 4 is 11.6 Å². The Morgan fingerprint density at radius 3 is 2.31 bits per heavy atom. The van der Waals surface area contributed by atoms with E-state index in [4.69, 9.17) is 11.6 Å². The first-order valence-corrected chi connectivity index (χ1v) is 10.7. The summed E-state index contributed by atoms with van der Waals surface area (Å²) in [5.74, 6) is 9.23. The first-order valence-electron chi connectivity index (χ1n) is 10.3. The first-order chi connectivity index (χ1) is 12.7. The van der Waals surface area contributed by atoms with Gasteiger partial charge in [-0.3, -0.25) is 0 Å². The van der Waals surface area contributed by atoms with Gasteiger partial charge in [-0.2, -0.15) is 0 Å². The van der Waals surface area contributed by atoms with Crippen LogP contribution in [0, 0.1) is 41.3 Å². The molecule has 0 radical (unpaired) electrons. The lowest BCUT2D eigenvalue weighted by Gasteiger charge is -2.37. The van der Waals surface area contributed by atoms with Gasteiger partial charge in [-0.1, -0.05) is 55.7 Å². The average molecular weight is 373 g/mol. The zero-order valence-electron chi connectivity index (χ0n) is 15.8. The van der Waals surface area contributed by atoms with Gasteiger partial charge < -0.3 is 0 Å². The Balaban J connectivity index is 1.43. The molecule has 0 spiro atoms. The molecule has 2 fully saturated rings. The van der Waals surface area contributed by atoms with Gasteiger partial charge in [0.15, 0.2) is 0 Å². The molecule has 2 heteroatoms. The van der Waals surface area contributed by atoms with Crippen molar-refractivity contribution in [1.29, 1.82) is 0 Å². The third-order valence-corrected chi connectivity index (χ3v) is 6.85. The summed E-state index contributed by atoms with van der Waals surface area (Å²) in [5.41, 5.74) is 0.669. The van der Waals surface area contributed by atoms with Gasteiger partial charge in [0.1, 0.15) is 5.82 Å². The van der Waals surface area contributed by atoms with Gasteiger partial charge >= 0.3 is 0 Å². The third kappa shape index (κ3) is 5.37. The Morgan fingerprint density at radius 2 is 1.69 bits per heavy atom. The summed E-state index contributed by atoms with van der Waals surface area (Å²) in [5, 5.41) is 0.144. The van der Waals surface area contributed by atoms with Gasteiger partial charge in [0, 0.05) is 5.56 Å². The van der Waals surface area contributed by atoms with Crippen molar-refractivity contribution in [3.8, 4) is 11.8 Å². The summed E-state index contributed by atoms with van der Waals surface area (Å²) in [6.45, 7) is 2.34. The molecule has 1 aromatic carbocycles. The Bertz CT molecular complexity index is 665. The second-order valence-corrected chi connectivity index (χ2v) is 8.53. The highest BCUT2D eigenvalue weighted by Gasteiger charge is 2.29. The van der Waals surface area contributed by atoms with E-state index < -0.39 is 5.82 Å². The van der Waals surface area contributed by atoms with Crippen LogP contribution in [0.25, 0.3) is 0 Å². The predicted octanol–water partition coefficient (Wildman–Crippen LogP) is 7.41. The van der Waals surface area contributed by atoms with E-state index in [9.17, 15) is 4.39 Å². The molecule has 140 valence electrons. The van der Waals surface area contributed by atoms with E-state index in [0.717, 1.165) is 17.8 Å². The molecular formula is C24H30ClF. The molecule has 0 nitrogen and oxygen atoms in total. The lowest BCUT2D eigenvalue weighted by Crippen LogP contribution is -2.25. The van der Waals surface area contributed by atoms with Crippen LogP contribution in [-0.4, -0.2) is 0 Å². The van der Waals surface area contributed by atoms with Crippen LogP contribution in [-0.2, 0) is 0 Å². The fourth-order valence-corrected chi connectivity index (χ4v) is 4.88. The van der Waals surface area contributed by atoms with Crippen molar-refractivity contribution in [3.63, 3.8) is 0 Å². The molecule has 0 N–H and O–H groups in total. The molecule has 2 saturated carbocycles. The summed E-state index contributed by atoms with van der Waals surface area (Å²) in [6.07, 6.45) is 16.8. The third-order valence-electron chi connectivity index (χ3n) is 6.54. The van der Waals surface area contributed by atoms with E-state index in [1.165, 1.54) is 63.9 Å². The van der Waals surface area contributed by atoms with Crippen molar-refractivity contribution in [2.24, 2.45) is 23.7 Å². The number of rotatable bonds is 3. The monoisotopic (exact) mass is 372 g/mol. The van der Waals surface area contributed by atoms with Crippen LogP contribution in [0.1, 0.15) is 70.3 Å². The maximum atomic E-state index is 13.4. The molecule has 0 atom stereocenters. The number of hydrogen-bond donors (Lipinski definition) is 0. The van der Waals surface area contributed by atoms with Gasteiger partial charge in [-0.15, -0.1) is 0 Å². The minimum absolute atomic E-state index is 0.144. The lowest BCUT2D eigenvalue weighted by atomic mass is 9.69. The van der Waals surface area contributed by atoms with Crippen LogP contribution in [0.5, 0.6) is 0 Å². The minimum Gasteiger partial charge on any atom is -0.205 e. The zero-order valence-corrected chi connectivity index (χ0v) is 16.6. The maximum absolute atomic E-state index is 13.4. The summed E-state index contributed by atoms with van der Waals surface area (Å²) < 4.78 is 13.4. The van der Waals surface area contributed by atoms with Gasteiger partial charge in [-0.05, 0) is 86.5 Å². The summed E-state index contributed by atoms with van der Waals surface area (Å²) in [4.78, 5) is 0. The molecule has 0 aromatic heterocycles. The average Bonchev–Trinajstić information content (AvgIpc) is 2.68. The molecule has 0 amide bonds. The molecule has 1 aromatic rings. The van der Waals surface area contributed by atoms with Gasteiger partial charge in [0.05, 0.1) is 5.02 Å². The number of hydrogen-bond acceptors (Lipinski definition) is 0. The Morgan fingerprint density at radius 1 is 1.04 bits per heavy atom. The van der Waals surface area contributed by atoms with Crippen LogP contribution < -0.4 is 0 Å². The van der Waals surface area contributed by atoms with Gasteiger partial charge in [0.2, 0.25) is 0 Å². The molecule has 3 rings (SSSR count). The van der Waals surface area contributed by atoms with Crippen LogP contribution in [0.4, 0.5) is 4.39 Å². The van der Waals surface area contributed by atoms with Crippen molar-refractivity contribution < 1.29 is 4.39 Å². The van der Waals surface area contributed by atoms with Crippen LogP contribution in [0.15, 0.2) is 30.4 Å². The Hall–Kier alpha value is -1.26. The van der Waals surface area contributed by atoms with E-state index in [2.05, 4.69) is 24.8 Å². The van der Waals surface area contributed by atoms with Crippen molar-refractivity contribution in [3.05, 3.63) is 46.8 Å². The molecule has 0 saturated heterocycles. The van der Waals surface area contributed by atoms with Crippen molar-refractivity contribution in [2.45, 2.75) is 64.7 Å². The molecule has 0 unspecified atom stereocenters. The molecule has 2 aliphatic carbocycles. The SMILES string of the molecule is CCC1CCC(C2CCC(/C=C/C#Cc3ccc(Cl)c(F)c3)CC2)CC1. The fraction of sp³-hybridized carbons (Fsp3) is 0.583. The smallest absolute Gasteiger partial charge is 0.143 e. The highest BCUT2D eigenvalue weighted by Crippen LogP contribution is 2.42. The summed E-state index contributed by atoms with van der Waals surface area (Å²) in [6, 6.07) is 4.70. The second-order valence-electron chi connectivity index (χ2n) is 8.12. The quantitative estimate of drug-likeness (QED) is 0.484. The van der Waals surface area contributed by atoms with E-state index in [1.54, 1.807) is 12.1 Å². The first kappa shape index (κ1) is 19.5. The van der Waals surface area contributed by atoms with E-state index in [0.29, 0.717) is 11.5 Å².